The molecule has 0 spiro atoms. The van der Waals surface area contributed by atoms with Crippen LogP contribution in [0.25, 0.3) is 11.3 Å². The van der Waals surface area contributed by atoms with Crippen LogP contribution < -0.4 is 5.32 Å². The number of hydrogen-bond acceptors (Lipinski definition) is 7. The van der Waals surface area contributed by atoms with Gasteiger partial charge < -0.3 is 14.4 Å². The highest BCUT2D eigenvalue weighted by atomic mass is 32.1. The molecule has 1 fully saturated rings. The summed E-state index contributed by atoms with van der Waals surface area (Å²) in [6, 6.07) is 6.05. The number of carbonyl (C=O) groups is 2. The SMILES string of the molecule is Cc1oc(-c2cccc(C(F)(F)F)c2)cc1C(=O)Nc1nc(C(=O)N2CCN(CCO)CC2)cs1. The summed E-state index contributed by atoms with van der Waals surface area (Å²) in [5, 5.41) is 13.4. The number of amides is 2. The Kier molecular flexibility index (Phi) is 7.24. The molecule has 0 atom stereocenters. The Bertz CT molecular complexity index is 1220. The summed E-state index contributed by atoms with van der Waals surface area (Å²) in [5.41, 5.74) is -0.247. The van der Waals surface area contributed by atoms with Crippen molar-refractivity contribution in [2.45, 2.75) is 13.1 Å². The third-order valence-electron chi connectivity index (χ3n) is 5.66. The van der Waals surface area contributed by atoms with E-state index in [0.29, 0.717) is 32.7 Å². The number of piperazine rings is 1. The number of halogens is 3. The van der Waals surface area contributed by atoms with E-state index in [1.807, 2.05) is 0 Å². The van der Waals surface area contributed by atoms with Gasteiger partial charge in [-0.05, 0) is 25.1 Å². The van der Waals surface area contributed by atoms with Crippen molar-refractivity contribution < 1.29 is 32.3 Å². The van der Waals surface area contributed by atoms with Gasteiger partial charge in [-0.15, -0.1) is 11.3 Å². The summed E-state index contributed by atoms with van der Waals surface area (Å²) >= 11 is 1.10. The second-order valence-corrected chi connectivity index (χ2v) is 8.87. The van der Waals surface area contributed by atoms with Crippen molar-refractivity contribution >= 4 is 28.3 Å². The number of aliphatic hydroxyl groups is 1. The average Bonchev–Trinajstić information content (AvgIpc) is 3.45. The molecule has 2 aromatic heterocycles. The van der Waals surface area contributed by atoms with Crippen LogP contribution in [0.2, 0.25) is 0 Å². The molecule has 186 valence electrons. The molecular formula is C23H23F3N4O4S. The van der Waals surface area contributed by atoms with E-state index in [9.17, 15) is 22.8 Å². The molecule has 8 nitrogen and oxygen atoms in total. The Morgan fingerprint density at radius 2 is 1.94 bits per heavy atom. The molecule has 4 rings (SSSR count). The standard InChI is InChI=1S/C23H23F3N4O4S/c1-14-17(12-19(34-14)15-3-2-4-16(11-15)23(24,25)26)20(32)28-22-27-18(13-35-22)21(33)30-7-5-29(6-8-30)9-10-31/h2-4,11-13,31H,5-10H2,1H3,(H,27,28,32). The first kappa shape index (κ1) is 24.9. The van der Waals surface area contributed by atoms with E-state index in [2.05, 4.69) is 15.2 Å². The zero-order chi connectivity index (χ0) is 25.2. The van der Waals surface area contributed by atoms with Crippen molar-refractivity contribution in [3.63, 3.8) is 0 Å². The molecule has 1 aliphatic rings. The second-order valence-electron chi connectivity index (χ2n) is 8.01. The van der Waals surface area contributed by atoms with E-state index < -0.39 is 17.6 Å². The topological polar surface area (TPSA) is 98.9 Å². The molecule has 2 N–H and O–H groups in total. The van der Waals surface area contributed by atoms with Gasteiger partial charge in [0.05, 0.1) is 17.7 Å². The fourth-order valence-electron chi connectivity index (χ4n) is 3.77. The molecule has 0 radical (unpaired) electrons. The number of aliphatic hydroxyl groups excluding tert-OH is 1. The molecule has 0 saturated carbocycles. The zero-order valence-electron chi connectivity index (χ0n) is 18.8. The number of nitrogens with zero attached hydrogens (tertiary/aromatic N) is 3. The van der Waals surface area contributed by atoms with Crippen molar-refractivity contribution in [3.05, 3.63) is 58.3 Å². The lowest BCUT2D eigenvalue weighted by Crippen LogP contribution is -2.49. The van der Waals surface area contributed by atoms with Crippen molar-refractivity contribution in [3.8, 4) is 11.3 Å². The quantitative estimate of drug-likeness (QED) is 0.527. The van der Waals surface area contributed by atoms with Gasteiger partial charge in [-0.1, -0.05) is 12.1 Å². The highest BCUT2D eigenvalue weighted by Crippen LogP contribution is 2.33. The maximum atomic E-state index is 13.0. The number of nitrogens with one attached hydrogen (secondary N) is 1. The summed E-state index contributed by atoms with van der Waals surface area (Å²) in [4.78, 5) is 33.5. The van der Waals surface area contributed by atoms with Crippen LogP contribution in [-0.2, 0) is 6.18 Å². The number of β-amino-alcohol motifs (C(OH)–C–C–N with tert-alkyl or cyclic N) is 1. The molecule has 1 aromatic carbocycles. The molecule has 3 heterocycles. The molecule has 3 aromatic rings. The Morgan fingerprint density at radius 3 is 2.63 bits per heavy atom. The molecule has 35 heavy (non-hydrogen) atoms. The number of alkyl halides is 3. The lowest BCUT2D eigenvalue weighted by molar-refractivity contribution is -0.137. The summed E-state index contributed by atoms with van der Waals surface area (Å²) in [6.45, 7) is 4.54. The Morgan fingerprint density at radius 1 is 1.20 bits per heavy atom. The van der Waals surface area contributed by atoms with Gasteiger partial charge in [0, 0.05) is 43.7 Å². The molecule has 0 unspecified atom stereocenters. The fraction of sp³-hybridized carbons (Fsp3) is 0.348. The number of benzene rings is 1. The largest absolute Gasteiger partial charge is 0.461 e. The van der Waals surface area contributed by atoms with Crippen molar-refractivity contribution in [1.82, 2.24) is 14.8 Å². The van der Waals surface area contributed by atoms with Crippen LogP contribution in [0.1, 0.15) is 32.2 Å². The first-order valence-corrected chi connectivity index (χ1v) is 11.7. The fourth-order valence-corrected chi connectivity index (χ4v) is 4.45. The first-order chi connectivity index (χ1) is 16.7. The minimum atomic E-state index is -4.50. The van der Waals surface area contributed by atoms with Gasteiger partial charge in [-0.3, -0.25) is 19.8 Å². The lowest BCUT2D eigenvalue weighted by Gasteiger charge is -2.33. The Hall–Kier alpha value is -3.22. The summed E-state index contributed by atoms with van der Waals surface area (Å²) in [6.07, 6.45) is -4.50. The molecule has 0 aliphatic carbocycles. The molecule has 1 saturated heterocycles. The van der Waals surface area contributed by atoms with Crippen molar-refractivity contribution in [1.29, 1.82) is 0 Å². The van der Waals surface area contributed by atoms with Crippen LogP contribution in [0.5, 0.6) is 0 Å². The monoisotopic (exact) mass is 508 g/mol. The van der Waals surface area contributed by atoms with E-state index in [0.717, 1.165) is 23.5 Å². The average molecular weight is 509 g/mol. The van der Waals surface area contributed by atoms with Crippen LogP contribution in [0.15, 0.2) is 40.1 Å². The number of aryl methyl sites for hydroxylation is 1. The number of aromatic nitrogens is 1. The number of anilines is 1. The third kappa shape index (κ3) is 5.72. The summed E-state index contributed by atoms with van der Waals surface area (Å²) in [5.74, 6) is -0.412. The van der Waals surface area contributed by atoms with E-state index in [-0.39, 0.29) is 46.0 Å². The molecule has 0 bridgehead atoms. The predicted molar refractivity (Wildman–Crippen MR) is 123 cm³/mol. The Balaban J connectivity index is 1.42. The van der Waals surface area contributed by atoms with Gasteiger partial charge in [0.25, 0.3) is 11.8 Å². The number of carbonyl (C=O) groups excluding carboxylic acids is 2. The predicted octanol–water partition coefficient (Wildman–Crippen LogP) is 3.73. The minimum absolute atomic E-state index is 0.0701. The molecule has 2 amide bonds. The number of rotatable bonds is 6. The summed E-state index contributed by atoms with van der Waals surface area (Å²) in [7, 11) is 0. The first-order valence-electron chi connectivity index (χ1n) is 10.8. The third-order valence-corrected chi connectivity index (χ3v) is 6.41. The highest BCUT2D eigenvalue weighted by molar-refractivity contribution is 7.14. The van der Waals surface area contributed by atoms with Crippen LogP contribution in [-0.4, -0.2) is 71.0 Å². The van der Waals surface area contributed by atoms with Gasteiger partial charge >= 0.3 is 6.18 Å². The molecule has 12 heteroatoms. The number of furan rings is 1. The van der Waals surface area contributed by atoms with E-state index in [1.54, 1.807) is 17.2 Å². The smallest absolute Gasteiger partial charge is 0.416 e. The van der Waals surface area contributed by atoms with Crippen molar-refractivity contribution in [2.75, 3.05) is 44.6 Å². The maximum absolute atomic E-state index is 13.0. The van der Waals surface area contributed by atoms with Crippen LogP contribution in [0, 0.1) is 6.92 Å². The Labute approximate surface area is 203 Å². The van der Waals surface area contributed by atoms with E-state index >= 15 is 0 Å². The minimum Gasteiger partial charge on any atom is -0.461 e. The maximum Gasteiger partial charge on any atom is 0.416 e. The van der Waals surface area contributed by atoms with Crippen LogP contribution in [0.4, 0.5) is 18.3 Å². The van der Waals surface area contributed by atoms with E-state index in [1.165, 1.54) is 18.2 Å². The van der Waals surface area contributed by atoms with Gasteiger partial charge in [0.15, 0.2) is 5.13 Å². The number of hydrogen-bond donors (Lipinski definition) is 2. The van der Waals surface area contributed by atoms with Crippen LogP contribution in [0.3, 0.4) is 0 Å². The molecular weight excluding hydrogens is 485 g/mol. The summed E-state index contributed by atoms with van der Waals surface area (Å²) < 4.78 is 44.6. The second kappa shape index (κ2) is 10.2. The molecule has 1 aliphatic heterocycles. The van der Waals surface area contributed by atoms with Gasteiger partial charge in [0.2, 0.25) is 0 Å². The van der Waals surface area contributed by atoms with Crippen molar-refractivity contribution in [2.24, 2.45) is 0 Å². The zero-order valence-corrected chi connectivity index (χ0v) is 19.6. The van der Waals surface area contributed by atoms with Gasteiger partial charge in [-0.2, -0.15) is 13.2 Å². The number of thiazole rings is 1. The van der Waals surface area contributed by atoms with Gasteiger partial charge in [-0.25, -0.2) is 4.98 Å². The lowest BCUT2D eigenvalue weighted by atomic mass is 10.1. The highest BCUT2D eigenvalue weighted by Gasteiger charge is 2.31. The van der Waals surface area contributed by atoms with E-state index in [4.69, 9.17) is 9.52 Å². The normalized spacial score (nSPS) is 14.8. The van der Waals surface area contributed by atoms with Gasteiger partial charge in [0.1, 0.15) is 17.2 Å². The van der Waals surface area contributed by atoms with Crippen LogP contribution >= 0.6 is 11.3 Å².